The average molecular weight is 231 g/mol. The topological polar surface area (TPSA) is 56.5 Å². The lowest BCUT2D eigenvalue weighted by molar-refractivity contribution is 0.172. The van der Waals surface area contributed by atoms with E-state index in [1.54, 1.807) is 0 Å². The molecule has 0 spiro atoms. The van der Waals surface area contributed by atoms with Gasteiger partial charge in [0.1, 0.15) is 13.2 Å². The van der Waals surface area contributed by atoms with E-state index in [-0.39, 0.29) is 12.4 Å². The van der Waals surface area contributed by atoms with Crippen molar-refractivity contribution in [2.75, 3.05) is 31.6 Å². The van der Waals surface area contributed by atoms with Crippen LogP contribution >= 0.6 is 12.4 Å². The number of nitrogens with two attached hydrogens (primary N) is 1. The minimum Gasteiger partial charge on any atom is -0.486 e. The van der Waals surface area contributed by atoms with E-state index in [1.807, 2.05) is 18.2 Å². The van der Waals surface area contributed by atoms with E-state index in [1.165, 1.54) is 0 Å². The molecule has 4 nitrogen and oxygen atoms in total. The van der Waals surface area contributed by atoms with Gasteiger partial charge in [-0.3, -0.25) is 0 Å². The summed E-state index contributed by atoms with van der Waals surface area (Å²) in [7, 11) is 0. The molecule has 0 fully saturated rings. The number of ether oxygens (including phenoxy) is 2. The second kappa shape index (κ2) is 5.68. The highest BCUT2D eigenvalue weighted by atomic mass is 35.5. The first kappa shape index (κ1) is 11.9. The van der Waals surface area contributed by atoms with Crippen LogP contribution in [0.4, 0.5) is 5.69 Å². The number of hydrogen-bond donors (Lipinski definition) is 2. The molecule has 0 amide bonds. The summed E-state index contributed by atoms with van der Waals surface area (Å²) < 4.78 is 11.0. The van der Waals surface area contributed by atoms with Crippen molar-refractivity contribution in [2.24, 2.45) is 5.73 Å². The van der Waals surface area contributed by atoms with Crippen LogP contribution in [-0.4, -0.2) is 26.3 Å². The molecule has 0 saturated carbocycles. The highest BCUT2D eigenvalue weighted by molar-refractivity contribution is 5.85. The molecular weight excluding hydrogens is 216 g/mol. The summed E-state index contributed by atoms with van der Waals surface area (Å²) in [5.74, 6) is 1.60. The summed E-state index contributed by atoms with van der Waals surface area (Å²) in [5.41, 5.74) is 6.37. The molecular formula is C10H15ClN2O2. The Morgan fingerprint density at radius 2 is 2.07 bits per heavy atom. The van der Waals surface area contributed by atoms with Crippen molar-refractivity contribution in [3.05, 3.63) is 18.2 Å². The molecule has 0 radical (unpaired) electrons. The maximum atomic E-state index is 5.52. The van der Waals surface area contributed by atoms with Gasteiger partial charge in [0.15, 0.2) is 11.5 Å². The molecule has 15 heavy (non-hydrogen) atoms. The summed E-state index contributed by atoms with van der Waals surface area (Å²) in [4.78, 5) is 0. The van der Waals surface area contributed by atoms with E-state index in [9.17, 15) is 0 Å². The normalized spacial score (nSPS) is 12.9. The van der Waals surface area contributed by atoms with Crippen LogP contribution in [0.5, 0.6) is 11.5 Å². The van der Waals surface area contributed by atoms with Crippen LogP contribution in [0.15, 0.2) is 18.2 Å². The monoisotopic (exact) mass is 230 g/mol. The number of anilines is 1. The Balaban J connectivity index is 0.00000112. The highest BCUT2D eigenvalue weighted by Crippen LogP contribution is 2.36. The summed E-state index contributed by atoms with van der Waals surface area (Å²) in [6.45, 7) is 2.56. The van der Waals surface area contributed by atoms with Crippen molar-refractivity contribution >= 4 is 18.1 Å². The molecule has 0 unspecified atom stereocenters. The lowest BCUT2D eigenvalue weighted by Crippen LogP contribution is -2.18. The third-order valence-corrected chi connectivity index (χ3v) is 2.03. The smallest absolute Gasteiger partial charge is 0.184 e. The first-order valence-corrected chi connectivity index (χ1v) is 4.74. The standard InChI is InChI=1S/C10H14N2O2.ClH/c11-4-5-12-8-2-1-3-9-10(8)14-7-6-13-9;/h1-3,12H,4-7,11H2;1H. The van der Waals surface area contributed by atoms with Crippen LogP contribution in [0.2, 0.25) is 0 Å². The molecule has 1 aliphatic rings. The highest BCUT2D eigenvalue weighted by Gasteiger charge is 2.14. The molecule has 0 aliphatic carbocycles. The van der Waals surface area contributed by atoms with Crippen LogP contribution in [-0.2, 0) is 0 Å². The van der Waals surface area contributed by atoms with Crippen LogP contribution in [0.1, 0.15) is 0 Å². The third kappa shape index (κ3) is 2.67. The van der Waals surface area contributed by atoms with E-state index in [0.29, 0.717) is 19.8 Å². The molecule has 1 aliphatic heterocycles. The van der Waals surface area contributed by atoms with E-state index in [2.05, 4.69) is 5.32 Å². The number of fused-ring (bicyclic) bond motifs is 1. The predicted molar refractivity (Wildman–Crippen MR) is 62.2 cm³/mol. The van der Waals surface area contributed by atoms with Crippen molar-refractivity contribution in [3.8, 4) is 11.5 Å². The zero-order valence-electron chi connectivity index (χ0n) is 8.36. The molecule has 0 saturated heterocycles. The van der Waals surface area contributed by atoms with Gasteiger partial charge in [-0.1, -0.05) is 6.07 Å². The molecule has 2 rings (SSSR count). The Morgan fingerprint density at radius 1 is 1.27 bits per heavy atom. The van der Waals surface area contributed by atoms with Crippen LogP contribution in [0.25, 0.3) is 0 Å². The van der Waals surface area contributed by atoms with Gasteiger partial charge >= 0.3 is 0 Å². The predicted octanol–water partition coefficient (Wildman–Crippen LogP) is 1.25. The van der Waals surface area contributed by atoms with Gasteiger partial charge in [-0.2, -0.15) is 0 Å². The third-order valence-electron chi connectivity index (χ3n) is 2.03. The Morgan fingerprint density at radius 3 is 2.87 bits per heavy atom. The first-order chi connectivity index (χ1) is 6.92. The number of para-hydroxylation sites is 1. The number of nitrogens with one attached hydrogen (secondary N) is 1. The number of benzene rings is 1. The molecule has 1 aromatic rings. The van der Waals surface area contributed by atoms with Crippen molar-refractivity contribution in [2.45, 2.75) is 0 Å². The second-order valence-corrected chi connectivity index (χ2v) is 3.05. The van der Waals surface area contributed by atoms with Crippen LogP contribution in [0, 0.1) is 0 Å². The molecule has 0 bridgehead atoms. The average Bonchev–Trinajstić information content (AvgIpc) is 2.26. The number of halogens is 1. The summed E-state index contributed by atoms with van der Waals surface area (Å²) >= 11 is 0. The SMILES string of the molecule is Cl.NCCNc1cccc2c1OCCO2. The fraction of sp³-hybridized carbons (Fsp3) is 0.400. The van der Waals surface area contributed by atoms with Gasteiger partial charge in [0.2, 0.25) is 0 Å². The Kier molecular flexibility index (Phi) is 4.52. The Labute approximate surface area is 95.2 Å². The van der Waals surface area contributed by atoms with Crippen molar-refractivity contribution in [3.63, 3.8) is 0 Å². The lowest BCUT2D eigenvalue weighted by atomic mass is 10.2. The molecule has 1 aromatic carbocycles. The molecule has 0 atom stereocenters. The van der Waals surface area contributed by atoms with Crippen molar-refractivity contribution < 1.29 is 9.47 Å². The molecule has 3 N–H and O–H groups in total. The molecule has 1 heterocycles. The van der Waals surface area contributed by atoms with E-state index in [4.69, 9.17) is 15.2 Å². The summed E-state index contributed by atoms with van der Waals surface area (Å²) in [5, 5.41) is 3.19. The molecule has 84 valence electrons. The number of rotatable bonds is 3. The summed E-state index contributed by atoms with van der Waals surface area (Å²) in [6.07, 6.45) is 0. The van der Waals surface area contributed by atoms with Gasteiger partial charge < -0.3 is 20.5 Å². The Bertz CT molecular complexity index is 320. The fourth-order valence-electron chi connectivity index (χ4n) is 1.42. The molecule has 0 aromatic heterocycles. The van der Waals surface area contributed by atoms with Gasteiger partial charge in [-0.15, -0.1) is 12.4 Å². The maximum absolute atomic E-state index is 5.52. The van der Waals surface area contributed by atoms with Crippen molar-refractivity contribution in [1.29, 1.82) is 0 Å². The lowest BCUT2D eigenvalue weighted by Gasteiger charge is -2.21. The Hall–Kier alpha value is -1.13. The van der Waals surface area contributed by atoms with Gasteiger partial charge in [0.25, 0.3) is 0 Å². The van der Waals surface area contributed by atoms with E-state index in [0.717, 1.165) is 23.7 Å². The number of hydrogen-bond acceptors (Lipinski definition) is 4. The molecule has 5 heteroatoms. The fourth-order valence-corrected chi connectivity index (χ4v) is 1.42. The van der Waals surface area contributed by atoms with E-state index >= 15 is 0 Å². The zero-order chi connectivity index (χ0) is 9.80. The zero-order valence-corrected chi connectivity index (χ0v) is 9.18. The minimum atomic E-state index is 0. The van der Waals surface area contributed by atoms with Crippen molar-refractivity contribution in [1.82, 2.24) is 0 Å². The maximum Gasteiger partial charge on any atom is 0.184 e. The largest absolute Gasteiger partial charge is 0.486 e. The van der Waals surface area contributed by atoms with Gasteiger partial charge in [0.05, 0.1) is 5.69 Å². The summed E-state index contributed by atoms with van der Waals surface area (Å²) in [6, 6.07) is 5.80. The van der Waals surface area contributed by atoms with Crippen LogP contribution in [0.3, 0.4) is 0 Å². The van der Waals surface area contributed by atoms with Gasteiger partial charge in [-0.05, 0) is 12.1 Å². The minimum absolute atomic E-state index is 0. The van der Waals surface area contributed by atoms with Crippen LogP contribution < -0.4 is 20.5 Å². The second-order valence-electron chi connectivity index (χ2n) is 3.05. The van der Waals surface area contributed by atoms with E-state index < -0.39 is 0 Å². The quantitative estimate of drug-likeness (QED) is 0.821. The van der Waals surface area contributed by atoms with Gasteiger partial charge in [0, 0.05) is 13.1 Å². The first-order valence-electron chi connectivity index (χ1n) is 4.74. The van der Waals surface area contributed by atoms with Gasteiger partial charge in [-0.25, -0.2) is 0 Å².